The first-order valence-corrected chi connectivity index (χ1v) is 4.84. The van der Waals surface area contributed by atoms with Gasteiger partial charge in [-0.15, -0.1) is 0 Å². The van der Waals surface area contributed by atoms with E-state index in [4.69, 9.17) is 0 Å². The molecule has 1 fully saturated rings. The minimum atomic E-state index is 0.666. The first-order chi connectivity index (χ1) is 5.79. The second-order valence-electron chi connectivity index (χ2n) is 4.08. The van der Waals surface area contributed by atoms with Crippen LogP contribution in [0, 0.1) is 11.8 Å². The highest BCUT2D eigenvalue weighted by molar-refractivity contribution is 5.19. The van der Waals surface area contributed by atoms with Gasteiger partial charge in [-0.1, -0.05) is 31.2 Å². The van der Waals surface area contributed by atoms with Crippen LogP contribution >= 0.6 is 0 Å². The summed E-state index contributed by atoms with van der Waals surface area (Å²) in [6.07, 6.45) is 10.4. The van der Waals surface area contributed by atoms with Crippen molar-refractivity contribution < 1.29 is 0 Å². The summed E-state index contributed by atoms with van der Waals surface area (Å²) in [5, 5.41) is 0. The molecule has 0 unspecified atom stereocenters. The lowest BCUT2D eigenvalue weighted by molar-refractivity contribution is 0.133. The summed E-state index contributed by atoms with van der Waals surface area (Å²) in [5.41, 5.74) is 0. The van der Waals surface area contributed by atoms with Gasteiger partial charge in [0.15, 0.2) is 0 Å². The Hall–Kier alpha value is -0.560. The van der Waals surface area contributed by atoms with Gasteiger partial charge < -0.3 is 0 Å². The normalized spacial score (nSPS) is 41.3. The molecule has 0 aromatic carbocycles. The van der Waals surface area contributed by atoms with Gasteiger partial charge in [0.2, 0.25) is 0 Å². The van der Waals surface area contributed by atoms with Crippen molar-refractivity contribution in [2.45, 2.75) is 19.4 Å². The van der Waals surface area contributed by atoms with E-state index in [0.29, 0.717) is 6.04 Å². The maximum absolute atomic E-state index is 2.46. The Kier molecular flexibility index (Phi) is 2.05. The van der Waals surface area contributed by atoms with Crippen LogP contribution in [0.3, 0.4) is 0 Å². The van der Waals surface area contributed by atoms with Crippen LogP contribution in [0.1, 0.15) is 13.3 Å². The van der Waals surface area contributed by atoms with E-state index in [1.54, 1.807) is 0 Å². The fourth-order valence-electron chi connectivity index (χ4n) is 2.33. The molecular weight excluding hydrogens is 146 g/mol. The van der Waals surface area contributed by atoms with Gasteiger partial charge >= 0.3 is 0 Å². The largest absolute Gasteiger partial charge is 0.299 e. The molecular formula is C11H17N. The van der Waals surface area contributed by atoms with Crippen LogP contribution in [0.25, 0.3) is 0 Å². The van der Waals surface area contributed by atoms with Crippen molar-refractivity contribution in [2.24, 2.45) is 11.8 Å². The van der Waals surface area contributed by atoms with Gasteiger partial charge in [-0.3, -0.25) is 4.90 Å². The molecule has 0 radical (unpaired) electrons. The second-order valence-corrected chi connectivity index (χ2v) is 4.08. The van der Waals surface area contributed by atoms with Gasteiger partial charge in [0.05, 0.1) is 0 Å². The first kappa shape index (κ1) is 8.06. The molecule has 1 aliphatic heterocycles. The number of hydrogen-bond acceptors (Lipinski definition) is 1. The SMILES string of the molecule is C[C@@H]1CCN(C)[C@@H]2C=CC=C[C@H]12. The van der Waals surface area contributed by atoms with Crippen LogP contribution in [0.15, 0.2) is 24.3 Å². The van der Waals surface area contributed by atoms with Gasteiger partial charge in [0, 0.05) is 6.04 Å². The van der Waals surface area contributed by atoms with Gasteiger partial charge in [0.1, 0.15) is 0 Å². The van der Waals surface area contributed by atoms with E-state index in [-0.39, 0.29) is 0 Å². The van der Waals surface area contributed by atoms with Crippen LogP contribution in [0.2, 0.25) is 0 Å². The Morgan fingerprint density at radius 1 is 1.25 bits per heavy atom. The summed E-state index contributed by atoms with van der Waals surface area (Å²) in [7, 11) is 2.23. The highest BCUT2D eigenvalue weighted by Crippen LogP contribution is 2.31. The van der Waals surface area contributed by atoms with Gasteiger partial charge in [-0.25, -0.2) is 0 Å². The van der Waals surface area contributed by atoms with E-state index >= 15 is 0 Å². The smallest absolute Gasteiger partial charge is 0.0343 e. The molecule has 1 heterocycles. The van der Waals surface area contributed by atoms with Gasteiger partial charge in [0.25, 0.3) is 0 Å². The highest BCUT2D eigenvalue weighted by Gasteiger charge is 2.31. The summed E-state index contributed by atoms with van der Waals surface area (Å²) in [6, 6.07) is 0.666. The molecule has 0 aromatic rings. The first-order valence-electron chi connectivity index (χ1n) is 4.84. The molecule has 1 aliphatic carbocycles. The molecule has 2 aliphatic rings. The maximum atomic E-state index is 2.46. The molecule has 1 heteroatoms. The Morgan fingerprint density at radius 3 is 2.75 bits per heavy atom. The average Bonchev–Trinajstić information content (AvgIpc) is 2.12. The summed E-state index contributed by atoms with van der Waals surface area (Å²) in [5.74, 6) is 1.61. The molecule has 0 aromatic heterocycles. The number of hydrogen-bond donors (Lipinski definition) is 0. The number of likely N-dealkylation sites (tertiary alicyclic amines) is 1. The molecule has 12 heavy (non-hydrogen) atoms. The molecule has 0 N–H and O–H groups in total. The Bertz CT molecular complexity index is 193. The lowest BCUT2D eigenvalue weighted by Gasteiger charge is -2.41. The van der Waals surface area contributed by atoms with E-state index in [2.05, 4.69) is 43.2 Å². The van der Waals surface area contributed by atoms with Crippen molar-refractivity contribution in [3.63, 3.8) is 0 Å². The Balaban J connectivity index is 2.18. The minimum absolute atomic E-state index is 0.666. The summed E-state index contributed by atoms with van der Waals surface area (Å²) in [6.45, 7) is 3.62. The number of rotatable bonds is 0. The second kappa shape index (κ2) is 3.06. The number of nitrogens with zero attached hydrogens (tertiary/aromatic N) is 1. The topological polar surface area (TPSA) is 3.24 Å². The zero-order chi connectivity index (χ0) is 8.55. The van der Waals surface area contributed by atoms with Gasteiger partial charge in [-0.2, -0.15) is 0 Å². The van der Waals surface area contributed by atoms with Crippen molar-refractivity contribution in [1.29, 1.82) is 0 Å². The molecule has 0 bridgehead atoms. The van der Waals surface area contributed by atoms with E-state index in [9.17, 15) is 0 Å². The number of piperidine rings is 1. The van der Waals surface area contributed by atoms with E-state index in [1.807, 2.05) is 0 Å². The van der Waals surface area contributed by atoms with Crippen molar-refractivity contribution in [3.05, 3.63) is 24.3 Å². The molecule has 66 valence electrons. The van der Waals surface area contributed by atoms with Crippen molar-refractivity contribution in [2.75, 3.05) is 13.6 Å². The molecule has 1 saturated heterocycles. The van der Waals surface area contributed by atoms with E-state index < -0.39 is 0 Å². The summed E-state index contributed by atoms with van der Waals surface area (Å²) >= 11 is 0. The monoisotopic (exact) mass is 163 g/mol. The zero-order valence-electron chi connectivity index (χ0n) is 7.90. The van der Waals surface area contributed by atoms with Crippen LogP contribution in [0.5, 0.6) is 0 Å². The standard InChI is InChI=1S/C11H17N/c1-9-7-8-12(2)11-6-4-3-5-10(9)11/h3-6,9-11H,7-8H2,1-2H3/t9-,10-,11-/m1/s1. The fraction of sp³-hybridized carbons (Fsp3) is 0.636. The molecule has 2 rings (SSSR count). The quantitative estimate of drug-likeness (QED) is 0.528. The third-order valence-corrected chi connectivity index (χ3v) is 3.25. The highest BCUT2D eigenvalue weighted by atomic mass is 15.1. The fourth-order valence-corrected chi connectivity index (χ4v) is 2.33. The van der Waals surface area contributed by atoms with Crippen LogP contribution in [-0.4, -0.2) is 24.5 Å². The number of fused-ring (bicyclic) bond motifs is 1. The van der Waals surface area contributed by atoms with Gasteiger partial charge in [-0.05, 0) is 31.8 Å². The number of likely N-dealkylation sites (N-methyl/N-ethyl adjacent to an activating group) is 1. The lowest BCUT2D eigenvalue weighted by atomic mass is 9.79. The molecule has 0 amide bonds. The summed E-state index contributed by atoms with van der Waals surface area (Å²) < 4.78 is 0. The predicted octanol–water partition coefficient (Wildman–Crippen LogP) is 2.07. The average molecular weight is 163 g/mol. The maximum Gasteiger partial charge on any atom is 0.0343 e. The Morgan fingerprint density at radius 2 is 2.00 bits per heavy atom. The molecule has 1 nitrogen and oxygen atoms in total. The molecule has 0 spiro atoms. The van der Waals surface area contributed by atoms with Crippen LogP contribution < -0.4 is 0 Å². The van der Waals surface area contributed by atoms with Crippen molar-refractivity contribution >= 4 is 0 Å². The third kappa shape index (κ3) is 1.22. The van der Waals surface area contributed by atoms with Crippen molar-refractivity contribution in [1.82, 2.24) is 4.90 Å². The van der Waals surface area contributed by atoms with Crippen molar-refractivity contribution in [3.8, 4) is 0 Å². The lowest BCUT2D eigenvalue weighted by Crippen LogP contribution is -2.45. The van der Waals surface area contributed by atoms with Crippen LogP contribution in [-0.2, 0) is 0 Å². The Labute approximate surface area is 74.8 Å². The molecule has 3 atom stereocenters. The third-order valence-electron chi connectivity index (χ3n) is 3.25. The van der Waals surface area contributed by atoms with E-state index in [1.165, 1.54) is 13.0 Å². The molecule has 0 saturated carbocycles. The predicted molar refractivity (Wildman–Crippen MR) is 52.0 cm³/mol. The van der Waals surface area contributed by atoms with Crippen LogP contribution in [0.4, 0.5) is 0 Å². The number of allylic oxidation sites excluding steroid dienone is 2. The minimum Gasteiger partial charge on any atom is -0.299 e. The summed E-state index contributed by atoms with van der Waals surface area (Å²) in [4.78, 5) is 2.46. The zero-order valence-corrected chi connectivity index (χ0v) is 7.90. The van der Waals surface area contributed by atoms with E-state index in [0.717, 1.165) is 11.8 Å².